The second-order valence-corrected chi connectivity index (χ2v) is 7.24. The van der Waals surface area contributed by atoms with Crippen LogP contribution in [0.25, 0.3) is 0 Å². The molecule has 5 N–H and O–H groups in total. The van der Waals surface area contributed by atoms with E-state index in [-0.39, 0.29) is 18.4 Å². The summed E-state index contributed by atoms with van der Waals surface area (Å²) in [6.45, 7) is 3.64. The molecule has 7 nitrogen and oxygen atoms in total. The summed E-state index contributed by atoms with van der Waals surface area (Å²) in [5.41, 5.74) is 1.88. The average molecular weight is 383 g/mol. The number of aliphatic hydroxyl groups excluding tert-OH is 1. The molecule has 1 aromatic carbocycles. The summed E-state index contributed by atoms with van der Waals surface area (Å²) < 4.78 is 0. The summed E-state index contributed by atoms with van der Waals surface area (Å²) in [7, 11) is 1.66. The minimum atomic E-state index is -0.977. The van der Waals surface area contributed by atoms with Gasteiger partial charge < -0.3 is 15.7 Å². The molecule has 3 atom stereocenters. The fourth-order valence-corrected chi connectivity index (χ4v) is 2.56. The van der Waals surface area contributed by atoms with Crippen LogP contribution in [-0.4, -0.2) is 47.4 Å². The van der Waals surface area contributed by atoms with Gasteiger partial charge in [-0.1, -0.05) is 11.8 Å². The highest BCUT2D eigenvalue weighted by molar-refractivity contribution is 5.97. The Morgan fingerprint density at radius 3 is 2.46 bits per heavy atom. The van der Waals surface area contributed by atoms with E-state index in [0.717, 1.165) is 6.42 Å². The van der Waals surface area contributed by atoms with Crippen molar-refractivity contribution < 1.29 is 19.9 Å². The number of likely N-dealkylation sites (N-methyl/N-ethyl adjacent to an activating group) is 1. The molecule has 2 rings (SSSR count). The topological polar surface area (TPSA) is 111 Å². The van der Waals surface area contributed by atoms with Gasteiger partial charge in [-0.2, -0.15) is 0 Å². The highest BCUT2D eigenvalue weighted by atomic mass is 16.5. The normalized spacial score (nSPS) is 18.6. The van der Waals surface area contributed by atoms with E-state index in [1.54, 1.807) is 50.6 Å². The molecule has 0 aliphatic heterocycles. The molecule has 0 bridgehead atoms. The molecule has 0 heterocycles. The highest BCUT2D eigenvalue weighted by Gasteiger charge is 2.35. The largest absolute Gasteiger partial charge is 0.396 e. The van der Waals surface area contributed by atoms with E-state index in [9.17, 15) is 9.59 Å². The maximum atomic E-state index is 12.5. The third-order valence-corrected chi connectivity index (χ3v) is 4.84. The fourth-order valence-electron chi connectivity index (χ4n) is 2.56. The maximum absolute atomic E-state index is 12.5. The standard InChI is InChI=1S/C21H25N3O4/c1-21(2,22-3)18(20(27)24-28)23-19(26)15-10-8-14(9-11-15)6-4-5-7-16-12-17(16)13-25/h8-11,16-18,22,25,28H,12-13H2,1-3H3,(H,23,26)(H,24,27). The van der Waals surface area contributed by atoms with Crippen LogP contribution in [0.3, 0.4) is 0 Å². The van der Waals surface area contributed by atoms with Crippen molar-refractivity contribution in [1.82, 2.24) is 16.1 Å². The van der Waals surface area contributed by atoms with Gasteiger partial charge in [0.1, 0.15) is 6.04 Å². The number of rotatable bonds is 6. The van der Waals surface area contributed by atoms with Crippen LogP contribution in [0.1, 0.15) is 36.2 Å². The van der Waals surface area contributed by atoms with E-state index >= 15 is 0 Å². The molecule has 1 fully saturated rings. The Kier molecular flexibility index (Phi) is 7.19. The Hall–Kier alpha value is -2.84. The molecule has 0 spiro atoms. The minimum Gasteiger partial charge on any atom is -0.396 e. The molecule has 148 valence electrons. The number of benzene rings is 1. The molecule has 1 aliphatic carbocycles. The van der Waals surface area contributed by atoms with Gasteiger partial charge in [0.05, 0.1) is 0 Å². The first kappa shape index (κ1) is 21.5. The zero-order valence-corrected chi connectivity index (χ0v) is 16.2. The summed E-state index contributed by atoms with van der Waals surface area (Å²) in [4.78, 5) is 24.4. The number of aliphatic hydroxyl groups is 1. The van der Waals surface area contributed by atoms with Gasteiger partial charge in [-0.15, -0.1) is 0 Å². The number of hydrogen-bond donors (Lipinski definition) is 5. The summed E-state index contributed by atoms with van der Waals surface area (Å²) in [5.74, 6) is 10.8. The van der Waals surface area contributed by atoms with Crippen LogP contribution in [0, 0.1) is 35.5 Å². The van der Waals surface area contributed by atoms with Crippen LogP contribution >= 0.6 is 0 Å². The van der Waals surface area contributed by atoms with Gasteiger partial charge in [-0.05, 0) is 69.3 Å². The fraction of sp³-hybridized carbons (Fsp3) is 0.429. The van der Waals surface area contributed by atoms with E-state index in [4.69, 9.17) is 10.3 Å². The molecule has 1 aromatic rings. The van der Waals surface area contributed by atoms with Crippen LogP contribution in [-0.2, 0) is 4.79 Å². The van der Waals surface area contributed by atoms with Gasteiger partial charge in [-0.25, -0.2) is 5.48 Å². The molecule has 1 aliphatic rings. The van der Waals surface area contributed by atoms with Crippen LogP contribution < -0.4 is 16.1 Å². The van der Waals surface area contributed by atoms with Gasteiger partial charge in [0, 0.05) is 29.2 Å². The molecule has 0 aromatic heterocycles. The second-order valence-electron chi connectivity index (χ2n) is 7.24. The van der Waals surface area contributed by atoms with Crippen molar-refractivity contribution in [3.05, 3.63) is 35.4 Å². The maximum Gasteiger partial charge on any atom is 0.267 e. The van der Waals surface area contributed by atoms with Crippen molar-refractivity contribution in [1.29, 1.82) is 0 Å². The predicted octanol–water partition coefficient (Wildman–Crippen LogP) is 0.272. The van der Waals surface area contributed by atoms with E-state index < -0.39 is 23.4 Å². The molecular formula is C21H25N3O4. The average Bonchev–Trinajstić information content (AvgIpc) is 3.47. The molecule has 7 heteroatoms. The molecule has 28 heavy (non-hydrogen) atoms. The first-order valence-corrected chi connectivity index (χ1v) is 8.98. The van der Waals surface area contributed by atoms with Crippen LogP contribution in [0.15, 0.2) is 24.3 Å². The number of hydrogen-bond acceptors (Lipinski definition) is 5. The number of carbonyl (C=O) groups excluding carboxylic acids is 2. The SMILES string of the molecule is CNC(C)(C)C(NC(=O)c1ccc(C#CC#CC2CC2CO)cc1)C(=O)NO. The van der Waals surface area contributed by atoms with Gasteiger partial charge >= 0.3 is 0 Å². The van der Waals surface area contributed by atoms with Gasteiger partial charge in [0.2, 0.25) is 0 Å². The molecule has 0 radical (unpaired) electrons. The van der Waals surface area contributed by atoms with Crippen molar-refractivity contribution in [2.24, 2.45) is 11.8 Å². The van der Waals surface area contributed by atoms with E-state index in [1.807, 2.05) is 0 Å². The van der Waals surface area contributed by atoms with Crippen molar-refractivity contribution in [2.45, 2.75) is 31.8 Å². The van der Waals surface area contributed by atoms with E-state index in [1.165, 1.54) is 0 Å². The zero-order chi connectivity index (χ0) is 20.7. The minimum absolute atomic E-state index is 0.169. The Bertz CT molecular complexity index is 840. The smallest absolute Gasteiger partial charge is 0.267 e. The number of amides is 2. The third kappa shape index (κ3) is 5.58. The summed E-state index contributed by atoms with van der Waals surface area (Å²) in [6.07, 6.45) is 0.925. The Labute approximate surface area is 164 Å². The van der Waals surface area contributed by atoms with Crippen LogP contribution in [0.4, 0.5) is 0 Å². The summed E-state index contributed by atoms with van der Waals surface area (Å²) in [5, 5.41) is 23.5. The van der Waals surface area contributed by atoms with E-state index in [0.29, 0.717) is 11.1 Å². The molecular weight excluding hydrogens is 358 g/mol. The molecule has 3 unspecified atom stereocenters. The Morgan fingerprint density at radius 2 is 1.93 bits per heavy atom. The quantitative estimate of drug-likeness (QED) is 0.275. The lowest BCUT2D eigenvalue weighted by Crippen LogP contribution is -2.62. The Balaban J connectivity index is 2.02. The van der Waals surface area contributed by atoms with Gasteiger partial charge in [0.15, 0.2) is 0 Å². The Morgan fingerprint density at radius 1 is 1.25 bits per heavy atom. The first-order chi connectivity index (χ1) is 13.3. The lowest BCUT2D eigenvalue weighted by molar-refractivity contribution is -0.132. The van der Waals surface area contributed by atoms with Gasteiger partial charge in [0.25, 0.3) is 11.8 Å². The number of hydroxylamine groups is 1. The number of nitrogens with one attached hydrogen (secondary N) is 3. The molecule has 2 amide bonds. The van der Waals surface area contributed by atoms with Gasteiger partial charge in [-0.3, -0.25) is 14.8 Å². The summed E-state index contributed by atoms with van der Waals surface area (Å²) in [6, 6.07) is 5.63. The highest BCUT2D eigenvalue weighted by Crippen LogP contribution is 2.36. The van der Waals surface area contributed by atoms with E-state index in [2.05, 4.69) is 34.3 Å². The van der Waals surface area contributed by atoms with Crippen molar-refractivity contribution in [2.75, 3.05) is 13.7 Å². The van der Waals surface area contributed by atoms with Crippen molar-refractivity contribution >= 4 is 11.8 Å². The van der Waals surface area contributed by atoms with Crippen LogP contribution in [0.2, 0.25) is 0 Å². The molecule has 0 saturated heterocycles. The molecule has 1 saturated carbocycles. The lowest BCUT2D eigenvalue weighted by atomic mass is 9.93. The lowest BCUT2D eigenvalue weighted by Gasteiger charge is -2.32. The third-order valence-electron chi connectivity index (χ3n) is 4.84. The second kappa shape index (κ2) is 9.38. The predicted molar refractivity (Wildman–Crippen MR) is 104 cm³/mol. The summed E-state index contributed by atoms with van der Waals surface area (Å²) >= 11 is 0. The number of carbonyl (C=O) groups is 2. The van der Waals surface area contributed by atoms with Crippen molar-refractivity contribution in [3.8, 4) is 23.7 Å². The van der Waals surface area contributed by atoms with Crippen molar-refractivity contribution in [3.63, 3.8) is 0 Å². The zero-order valence-electron chi connectivity index (χ0n) is 16.2. The van der Waals surface area contributed by atoms with Crippen LogP contribution in [0.5, 0.6) is 0 Å². The first-order valence-electron chi connectivity index (χ1n) is 8.98. The monoisotopic (exact) mass is 383 g/mol.